The third-order valence-electron chi connectivity index (χ3n) is 4.41. The molecular formula is C21H27N2O5P. The van der Waals surface area contributed by atoms with Crippen LogP contribution in [0.15, 0.2) is 51.5 Å². The summed E-state index contributed by atoms with van der Waals surface area (Å²) in [6.45, 7) is 8.75. The monoisotopic (exact) mass is 418 g/mol. The molecule has 0 saturated carbocycles. The van der Waals surface area contributed by atoms with Gasteiger partial charge in [-0.05, 0) is 42.2 Å². The fourth-order valence-electron chi connectivity index (χ4n) is 2.80. The summed E-state index contributed by atoms with van der Waals surface area (Å²) in [6.07, 6.45) is 1.58. The molecule has 0 aliphatic carbocycles. The summed E-state index contributed by atoms with van der Waals surface area (Å²) >= 11 is 0. The molecule has 0 unspecified atom stereocenters. The van der Waals surface area contributed by atoms with Gasteiger partial charge in [0.05, 0.1) is 19.4 Å². The van der Waals surface area contributed by atoms with Crippen molar-refractivity contribution in [3.8, 4) is 11.5 Å². The Morgan fingerprint density at radius 1 is 1.17 bits per heavy atom. The van der Waals surface area contributed by atoms with E-state index in [1.165, 1.54) is 12.7 Å². The molecule has 0 fully saturated rings. The maximum absolute atomic E-state index is 13.2. The predicted molar refractivity (Wildman–Crippen MR) is 113 cm³/mol. The van der Waals surface area contributed by atoms with Crippen LogP contribution < -0.4 is 10.8 Å². The van der Waals surface area contributed by atoms with Gasteiger partial charge in [-0.3, -0.25) is 4.57 Å². The first-order valence-corrected chi connectivity index (χ1v) is 11.0. The van der Waals surface area contributed by atoms with Crippen LogP contribution in [-0.2, 0) is 25.6 Å². The van der Waals surface area contributed by atoms with Crippen molar-refractivity contribution < 1.29 is 22.4 Å². The minimum Gasteiger partial charge on any atom is -0.467 e. The minimum atomic E-state index is -3.63. The van der Waals surface area contributed by atoms with E-state index in [9.17, 15) is 4.57 Å². The fraction of sp³-hybridized carbons (Fsp3) is 0.381. The van der Waals surface area contributed by atoms with E-state index in [-0.39, 0.29) is 23.3 Å². The lowest BCUT2D eigenvalue weighted by Crippen LogP contribution is -2.15. The maximum atomic E-state index is 13.2. The number of furan rings is 1. The van der Waals surface area contributed by atoms with Crippen LogP contribution in [0.4, 0.5) is 5.88 Å². The molecule has 156 valence electrons. The topological polar surface area (TPSA) is 86.7 Å². The van der Waals surface area contributed by atoms with Crippen molar-refractivity contribution in [3.05, 3.63) is 54.0 Å². The highest BCUT2D eigenvalue weighted by Gasteiger charge is 2.35. The molecule has 2 aromatic heterocycles. The second kappa shape index (κ2) is 8.57. The molecule has 7 nitrogen and oxygen atoms in total. The second-order valence-corrected chi connectivity index (χ2v) is 9.57. The molecule has 1 atom stereocenters. The number of oxazole rings is 1. The predicted octanol–water partition coefficient (Wildman–Crippen LogP) is 5.35. The number of hydrogen-bond acceptors (Lipinski definition) is 7. The van der Waals surface area contributed by atoms with E-state index in [0.29, 0.717) is 18.2 Å². The van der Waals surface area contributed by atoms with Crippen molar-refractivity contribution in [1.29, 1.82) is 0 Å². The smallest absolute Gasteiger partial charge is 0.384 e. The molecule has 0 radical (unpaired) electrons. The standard InChI is InChI=1S/C21H27N2O5P/c1-6-27-29(24,25-5)20-19(22-14-17-8-7-13-26-17)28-18(23-20)15-9-11-16(12-10-15)21(2,3)4/h7-13,22H,6,14H2,1-5H3/t29-/m0/s1. The van der Waals surface area contributed by atoms with Gasteiger partial charge in [0.15, 0.2) is 0 Å². The van der Waals surface area contributed by atoms with Crippen molar-refractivity contribution in [2.75, 3.05) is 19.0 Å². The molecule has 2 heterocycles. The number of nitrogens with one attached hydrogen (secondary N) is 1. The molecule has 0 saturated heterocycles. The molecule has 3 rings (SSSR count). The van der Waals surface area contributed by atoms with Crippen molar-refractivity contribution >= 4 is 18.9 Å². The van der Waals surface area contributed by atoms with E-state index in [2.05, 4.69) is 31.1 Å². The van der Waals surface area contributed by atoms with Gasteiger partial charge >= 0.3 is 7.60 Å². The molecule has 0 aliphatic rings. The number of aromatic nitrogens is 1. The van der Waals surface area contributed by atoms with Gasteiger partial charge in [0.1, 0.15) is 5.76 Å². The number of benzene rings is 1. The Bertz CT molecular complexity index is 972. The van der Waals surface area contributed by atoms with E-state index in [4.69, 9.17) is 17.9 Å². The largest absolute Gasteiger partial charge is 0.467 e. The summed E-state index contributed by atoms with van der Waals surface area (Å²) in [6, 6.07) is 11.6. The minimum absolute atomic E-state index is 0.0385. The average molecular weight is 418 g/mol. The SMILES string of the molecule is CCO[P@@](=O)(OC)c1nc(-c2ccc(C(C)(C)C)cc2)oc1NCc1ccco1. The lowest BCUT2D eigenvalue weighted by molar-refractivity contribution is 0.254. The van der Waals surface area contributed by atoms with Crippen LogP contribution in [-0.4, -0.2) is 18.7 Å². The highest BCUT2D eigenvalue weighted by molar-refractivity contribution is 7.62. The Hall–Kier alpha value is -2.34. The first-order valence-electron chi connectivity index (χ1n) is 9.45. The molecule has 29 heavy (non-hydrogen) atoms. The van der Waals surface area contributed by atoms with Crippen LogP contribution in [0.1, 0.15) is 39.0 Å². The van der Waals surface area contributed by atoms with E-state index >= 15 is 0 Å². The summed E-state index contributed by atoms with van der Waals surface area (Å²) in [5, 5.41) is 3.08. The summed E-state index contributed by atoms with van der Waals surface area (Å²) in [4.78, 5) is 4.46. The highest BCUT2D eigenvalue weighted by atomic mass is 31.2. The zero-order chi connectivity index (χ0) is 21.1. The molecule has 0 aliphatic heterocycles. The normalized spacial score (nSPS) is 14.0. The lowest BCUT2D eigenvalue weighted by Gasteiger charge is -2.18. The zero-order valence-corrected chi connectivity index (χ0v) is 18.3. The van der Waals surface area contributed by atoms with E-state index < -0.39 is 7.60 Å². The van der Waals surface area contributed by atoms with Crippen molar-refractivity contribution in [2.45, 2.75) is 39.7 Å². The number of anilines is 1. The molecule has 1 aromatic carbocycles. The Balaban J connectivity index is 1.98. The molecule has 0 spiro atoms. The summed E-state index contributed by atoms with van der Waals surface area (Å²) < 4.78 is 35.0. The van der Waals surface area contributed by atoms with Crippen LogP contribution in [0.2, 0.25) is 0 Å². The lowest BCUT2D eigenvalue weighted by atomic mass is 9.87. The Morgan fingerprint density at radius 2 is 1.90 bits per heavy atom. The Labute approximate surface area is 171 Å². The van der Waals surface area contributed by atoms with Gasteiger partial charge in [0.25, 0.3) is 0 Å². The van der Waals surface area contributed by atoms with Crippen LogP contribution in [0, 0.1) is 0 Å². The summed E-state index contributed by atoms with van der Waals surface area (Å²) in [5.41, 5.74) is 2.12. The fourth-order valence-corrected chi connectivity index (χ4v) is 4.13. The third kappa shape index (κ3) is 4.81. The Kier molecular flexibility index (Phi) is 6.32. The zero-order valence-electron chi connectivity index (χ0n) is 17.4. The van der Waals surface area contributed by atoms with Crippen molar-refractivity contribution in [1.82, 2.24) is 4.98 Å². The second-order valence-electron chi connectivity index (χ2n) is 7.53. The van der Waals surface area contributed by atoms with Gasteiger partial charge in [0, 0.05) is 12.7 Å². The molecule has 1 N–H and O–H groups in total. The van der Waals surface area contributed by atoms with Crippen LogP contribution in [0.5, 0.6) is 0 Å². The van der Waals surface area contributed by atoms with E-state index in [0.717, 1.165) is 5.56 Å². The van der Waals surface area contributed by atoms with Gasteiger partial charge in [-0.1, -0.05) is 32.9 Å². The van der Waals surface area contributed by atoms with Gasteiger partial charge < -0.3 is 23.2 Å². The molecule has 0 bridgehead atoms. The Morgan fingerprint density at radius 3 is 2.45 bits per heavy atom. The summed E-state index contributed by atoms with van der Waals surface area (Å²) in [7, 11) is -2.30. The maximum Gasteiger partial charge on any atom is 0.384 e. The number of nitrogens with zero attached hydrogens (tertiary/aromatic N) is 1. The van der Waals surface area contributed by atoms with Crippen molar-refractivity contribution in [2.24, 2.45) is 0 Å². The quantitative estimate of drug-likeness (QED) is 0.494. The number of hydrogen-bond donors (Lipinski definition) is 1. The molecule has 3 aromatic rings. The highest BCUT2D eigenvalue weighted by Crippen LogP contribution is 2.48. The van der Waals surface area contributed by atoms with Gasteiger partial charge in [-0.2, -0.15) is 4.98 Å². The first-order chi connectivity index (χ1) is 13.8. The average Bonchev–Trinajstić information content (AvgIpc) is 3.36. The third-order valence-corrected chi connectivity index (χ3v) is 6.31. The van der Waals surface area contributed by atoms with Gasteiger partial charge in [-0.15, -0.1) is 0 Å². The van der Waals surface area contributed by atoms with E-state index in [1.54, 1.807) is 19.3 Å². The number of rotatable bonds is 8. The summed E-state index contributed by atoms with van der Waals surface area (Å²) in [5.74, 6) is 1.27. The van der Waals surface area contributed by atoms with Crippen LogP contribution in [0.3, 0.4) is 0 Å². The molecule has 8 heteroatoms. The van der Waals surface area contributed by atoms with Crippen LogP contribution >= 0.6 is 7.60 Å². The van der Waals surface area contributed by atoms with Crippen LogP contribution in [0.25, 0.3) is 11.5 Å². The molecule has 0 amide bonds. The van der Waals surface area contributed by atoms with Gasteiger partial charge in [-0.25, -0.2) is 0 Å². The van der Waals surface area contributed by atoms with Gasteiger partial charge in [0.2, 0.25) is 17.2 Å². The van der Waals surface area contributed by atoms with Crippen molar-refractivity contribution in [3.63, 3.8) is 0 Å². The van der Waals surface area contributed by atoms with E-state index in [1.807, 2.05) is 30.3 Å². The molecular weight excluding hydrogens is 391 g/mol. The first kappa shape index (κ1) is 21.4.